The lowest BCUT2D eigenvalue weighted by Gasteiger charge is -2.32. The SMILES string of the molecule is COC(=O)c1ccc(OC2CCN(Cc3cc(NC(=O)c4ncn(C5CC5)c4-c4ccc(F)cc4)ccc3Cl)CC2)cc1. The molecule has 0 radical (unpaired) electrons. The number of ether oxygens (including phenoxy) is 2. The first-order valence-electron chi connectivity index (χ1n) is 14.4. The van der Waals surface area contributed by atoms with Gasteiger partial charge in [-0.25, -0.2) is 14.2 Å². The van der Waals surface area contributed by atoms with Gasteiger partial charge >= 0.3 is 5.97 Å². The number of nitrogens with one attached hydrogen (secondary N) is 1. The van der Waals surface area contributed by atoms with Crippen molar-refractivity contribution in [2.24, 2.45) is 0 Å². The molecule has 0 spiro atoms. The van der Waals surface area contributed by atoms with Crippen LogP contribution in [0.3, 0.4) is 0 Å². The molecule has 2 heterocycles. The lowest BCUT2D eigenvalue weighted by Crippen LogP contribution is -2.37. The van der Waals surface area contributed by atoms with Crippen LogP contribution in [-0.4, -0.2) is 52.6 Å². The van der Waals surface area contributed by atoms with Gasteiger partial charge in [0.2, 0.25) is 0 Å². The fourth-order valence-electron chi connectivity index (χ4n) is 5.42. The summed E-state index contributed by atoms with van der Waals surface area (Å²) >= 11 is 6.57. The minimum absolute atomic E-state index is 0.0760. The monoisotopic (exact) mass is 602 g/mol. The minimum Gasteiger partial charge on any atom is -0.490 e. The molecule has 0 bridgehead atoms. The van der Waals surface area contributed by atoms with Gasteiger partial charge in [-0.15, -0.1) is 0 Å². The number of anilines is 1. The topological polar surface area (TPSA) is 85.7 Å². The molecule has 222 valence electrons. The first kappa shape index (κ1) is 28.9. The van der Waals surface area contributed by atoms with E-state index in [-0.39, 0.29) is 23.8 Å². The van der Waals surface area contributed by atoms with Gasteiger partial charge in [-0.1, -0.05) is 11.6 Å². The zero-order chi connectivity index (χ0) is 29.9. The number of aromatic nitrogens is 2. The van der Waals surface area contributed by atoms with E-state index >= 15 is 0 Å². The number of piperidine rings is 1. The Hall–Kier alpha value is -4.21. The number of benzene rings is 3. The number of amides is 1. The van der Waals surface area contributed by atoms with E-state index in [2.05, 4.69) is 15.2 Å². The highest BCUT2D eigenvalue weighted by molar-refractivity contribution is 6.31. The molecule has 10 heteroatoms. The zero-order valence-electron chi connectivity index (χ0n) is 23.8. The number of likely N-dealkylation sites (tertiary alicyclic amines) is 1. The van der Waals surface area contributed by atoms with Crippen LogP contribution in [0, 0.1) is 5.82 Å². The third-order valence-corrected chi connectivity index (χ3v) is 8.25. The number of nitrogens with zero attached hydrogens (tertiary/aromatic N) is 3. The second-order valence-corrected chi connectivity index (χ2v) is 11.4. The molecule has 1 aliphatic heterocycles. The van der Waals surface area contributed by atoms with E-state index in [1.54, 1.807) is 54.9 Å². The zero-order valence-corrected chi connectivity index (χ0v) is 24.5. The van der Waals surface area contributed by atoms with Crippen LogP contribution in [0.4, 0.5) is 10.1 Å². The summed E-state index contributed by atoms with van der Waals surface area (Å²) < 4.78 is 26.5. The standard InChI is InChI=1S/C33H32ClFN4O4/c1-42-33(41)22-4-11-27(12-5-22)43-28-14-16-38(17-15-28)19-23-18-25(8-13-29(23)34)37-32(40)30-31(21-2-6-24(35)7-3-21)39(20-36-30)26-9-10-26/h2-8,11-13,18,20,26,28H,9-10,14-17,19H2,1H3,(H,37,40). The van der Waals surface area contributed by atoms with Crippen LogP contribution < -0.4 is 10.1 Å². The van der Waals surface area contributed by atoms with Gasteiger partial charge in [0.1, 0.15) is 17.7 Å². The van der Waals surface area contributed by atoms with Gasteiger partial charge in [0.05, 0.1) is 24.7 Å². The van der Waals surface area contributed by atoms with Crippen molar-refractivity contribution in [2.45, 2.75) is 44.4 Å². The van der Waals surface area contributed by atoms with E-state index in [9.17, 15) is 14.0 Å². The molecule has 1 aromatic heterocycles. The smallest absolute Gasteiger partial charge is 0.337 e. The van der Waals surface area contributed by atoms with E-state index in [1.165, 1.54) is 19.2 Å². The number of carbonyl (C=O) groups excluding carboxylic acids is 2. The van der Waals surface area contributed by atoms with Crippen molar-refractivity contribution in [2.75, 3.05) is 25.5 Å². The Labute approximate surface area is 254 Å². The van der Waals surface area contributed by atoms with Gasteiger partial charge in [0, 0.05) is 41.9 Å². The number of carbonyl (C=O) groups is 2. The van der Waals surface area contributed by atoms with E-state index in [0.29, 0.717) is 40.2 Å². The third kappa shape index (κ3) is 6.73. The van der Waals surface area contributed by atoms with Crippen LogP contribution in [0.25, 0.3) is 11.3 Å². The molecule has 1 N–H and O–H groups in total. The predicted octanol–water partition coefficient (Wildman–Crippen LogP) is 6.76. The molecular weight excluding hydrogens is 571 g/mol. The molecule has 2 fully saturated rings. The third-order valence-electron chi connectivity index (χ3n) is 7.88. The van der Waals surface area contributed by atoms with Crippen molar-refractivity contribution < 1.29 is 23.5 Å². The van der Waals surface area contributed by atoms with Crippen molar-refractivity contribution in [1.29, 1.82) is 0 Å². The first-order chi connectivity index (χ1) is 20.9. The van der Waals surface area contributed by atoms with Gasteiger partial charge in [-0.3, -0.25) is 9.69 Å². The Bertz CT molecular complexity index is 1610. The Kier molecular flexibility index (Phi) is 8.44. The molecule has 1 aliphatic carbocycles. The van der Waals surface area contributed by atoms with Gasteiger partial charge in [0.25, 0.3) is 5.91 Å². The van der Waals surface area contributed by atoms with Crippen LogP contribution in [0.2, 0.25) is 5.02 Å². The van der Waals surface area contributed by atoms with Crippen LogP contribution >= 0.6 is 11.6 Å². The van der Waals surface area contributed by atoms with E-state index < -0.39 is 0 Å². The van der Waals surface area contributed by atoms with E-state index in [0.717, 1.165) is 55.6 Å². The number of hydrogen-bond acceptors (Lipinski definition) is 6. The molecule has 3 aromatic carbocycles. The largest absolute Gasteiger partial charge is 0.490 e. The summed E-state index contributed by atoms with van der Waals surface area (Å²) in [6.45, 7) is 2.30. The van der Waals surface area contributed by atoms with E-state index in [4.69, 9.17) is 21.1 Å². The van der Waals surface area contributed by atoms with Crippen molar-refractivity contribution in [3.05, 3.63) is 101 Å². The molecule has 1 saturated heterocycles. The number of imidazole rings is 1. The van der Waals surface area contributed by atoms with Crippen LogP contribution in [0.1, 0.15) is 58.1 Å². The van der Waals surface area contributed by atoms with Crippen molar-refractivity contribution in [1.82, 2.24) is 14.5 Å². The highest BCUT2D eigenvalue weighted by atomic mass is 35.5. The maximum absolute atomic E-state index is 13.6. The van der Waals surface area contributed by atoms with Gasteiger partial charge in [-0.05, 0) is 98.0 Å². The number of rotatable bonds is 9. The normalized spacial score (nSPS) is 15.7. The van der Waals surface area contributed by atoms with E-state index in [1.807, 2.05) is 10.6 Å². The molecule has 43 heavy (non-hydrogen) atoms. The highest BCUT2D eigenvalue weighted by Crippen LogP contribution is 2.39. The van der Waals surface area contributed by atoms with Crippen LogP contribution in [0.15, 0.2) is 73.1 Å². The van der Waals surface area contributed by atoms with Gasteiger partial charge in [-0.2, -0.15) is 0 Å². The maximum atomic E-state index is 13.6. The van der Waals surface area contributed by atoms with Gasteiger partial charge < -0.3 is 19.4 Å². The second-order valence-electron chi connectivity index (χ2n) is 11.0. The Morgan fingerprint density at radius 2 is 1.72 bits per heavy atom. The van der Waals surface area contributed by atoms with Gasteiger partial charge in [0.15, 0.2) is 5.69 Å². The number of esters is 1. The lowest BCUT2D eigenvalue weighted by atomic mass is 10.1. The van der Waals surface area contributed by atoms with Crippen molar-refractivity contribution in [3.63, 3.8) is 0 Å². The molecule has 6 rings (SSSR count). The summed E-state index contributed by atoms with van der Waals surface area (Å²) in [4.78, 5) is 31.8. The summed E-state index contributed by atoms with van der Waals surface area (Å²) in [7, 11) is 1.36. The summed E-state index contributed by atoms with van der Waals surface area (Å²) in [6, 6.07) is 18.9. The van der Waals surface area contributed by atoms with Crippen LogP contribution in [-0.2, 0) is 11.3 Å². The first-order valence-corrected chi connectivity index (χ1v) is 14.8. The Morgan fingerprint density at radius 1 is 1.00 bits per heavy atom. The molecule has 1 amide bonds. The maximum Gasteiger partial charge on any atom is 0.337 e. The average molecular weight is 603 g/mol. The summed E-state index contributed by atoms with van der Waals surface area (Å²) in [6.07, 6.45) is 5.53. The fraction of sp³-hybridized carbons (Fsp3) is 0.303. The predicted molar refractivity (Wildman–Crippen MR) is 162 cm³/mol. The molecule has 2 aliphatic rings. The van der Waals surface area contributed by atoms with Crippen molar-refractivity contribution >= 4 is 29.2 Å². The number of halogens is 2. The summed E-state index contributed by atoms with van der Waals surface area (Å²) in [5.74, 6) is -0.308. The molecule has 1 saturated carbocycles. The highest BCUT2D eigenvalue weighted by Gasteiger charge is 2.30. The van der Waals surface area contributed by atoms with Crippen molar-refractivity contribution in [3.8, 4) is 17.0 Å². The fourth-order valence-corrected chi connectivity index (χ4v) is 5.60. The van der Waals surface area contributed by atoms with Crippen LogP contribution in [0.5, 0.6) is 5.75 Å². The Morgan fingerprint density at radius 3 is 2.40 bits per heavy atom. The number of hydrogen-bond donors (Lipinski definition) is 1. The number of methoxy groups -OCH3 is 1. The Balaban J connectivity index is 1.08. The minimum atomic E-state index is -0.374. The molecule has 0 atom stereocenters. The molecular formula is C33H32ClFN4O4. The summed E-state index contributed by atoms with van der Waals surface area (Å²) in [5.41, 5.74) is 3.78. The quantitative estimate of drug-likeness (QED) is 0.213. The molecule has 8 nitrogen and oxygen atoms in total. The second kappa shape index (κ2) is 12.6. The lowest BCUT2D eigenvalue weighted by molar-refractivity contribution is 0.0600. The molecule has 4 aromatic rings. The average Bonchev–Trinajstić information content (AvgIpc) is 3.77. The summed E-state index contributed by atoms with van der Waals surface area (Å²) in [5, 5.41) is 3.62. The molecule has 0 unspecified atom stereocenters.